The molecule has 126 valence electrons. The van der Waals surface area contributed by atoms with Gasteiger partial charge in [-0.25, -0.2) is 12.7 Å². The molecule has 6 heteroatoms. The molecule has 24 heavy (non-hydrogen) atoms. The van der Waals surface area contributed by atoms with Crippen molar-refractivity contribution in [2.75, 3.05) is 20.2 Å². The lowest BCUT2D eigenvalue weighted by atomic mass is 10.2. The molecule has 0 aliphatic carbocycles. The van der Waals surface area contributed by atoms with Crippen LogP contribution >= 0.6 is 0 Å². The Bertz CT molecular complexity index is 861. The highest BCUT2D eigenvalue weighted by Gasteiger charge is 2.33. The van der Waals surface area contributed by atoms with Crippen LogP contribution in [0.1, 0.15) is 18.1 Å². The van der Waals surface area contributed by atoms with E-state index >= 15 is 0 Å². The molecule has 1 aliphatic rings. The highest BCUT2D eigenvalue weighted by Crippen LogP contribution is 2.30. The molecule has 0 aromatic heterocycles. The lowest BCUT2D eigenvalue weighted by Crippen LogP contribution is -2.35. The van der Waals surface area contributed by atoms with Gasteiger partial charge in [-0.2, -0.15) is 0 Å². The van der Waals surface area contributed by atoms with Crippen molar-refractivity contribution in [3.63, 3.8) is 0 Å². The van der Waals surface area contributed by atoms with Crippen molar-refractivity contribution in [2.45, 2.75) is 18.2 Å². The molecule has 5 nitrogen and oxygen atoms in total. The van der Waals surface area contributed by atoms with E-state index in [0.717, 1.165) is 17.5 Å². The first kappa shape index (κ1) is 16.5. The van der Waals surface area contributed by atoms with E-state index in [-0.39, 0.29) is 4.90 Å². The smallest absolute Gasteiger partial charge is 0.269 e. The topological polar surface area (TPSA) is 59.0 Å². The van der Waals surface area contributed by atoms with Crippen molar-refractivity contribution in [1.29, 1.82) is 0 Å². The van der Waals surface area contributed by atoms with Crippen LogP contribution in [0.5, 0.6) is 5.75 Å². The number of aliphatic imine (C=N–C) groups is 1. The van der Waals surface area contributed by atoms with Crippen LogP contribution < -0.4 is 4.74 Å². The van der Waals surface area contributed by atoms with Gasteiger partial charge in [0.05, 0.1) is 20.2 Å². The largest absolute Gasteiger partial charge is 0.495 e. The maximum Gasteiger partial charge on any atom is 0.269 e. The SMILES string of the molecule is CCc1ccc(OC)c(S(=O)(=O)N2CCN=C2c2ccccc2)c1. The normalized spacial score (nSPS) is 14.6. The van der Waals surface area contributed by atoms with Crippen LogP contribution in [0.15, 0.2) is 58.4 Å². The van der Waals surface area contributed by atoms with E-state index in [1.807, 2.05) is 43.3 Å². The summed E-state index contributed by atoms with van der Waals surface area (Å²) < 4.78 is 33.1. The molecule has 1 heterocycles. The highest BCUT2D eigenvalue weighted by atomic mass is 32.2. The molecule has 0 spiro atoms. The molecule has 0 saturated carbocycles. The van der Waals surface area contributed by atoms with Crippen molar-refractivity contribution in [1.82, 2.24) is 4.31 Å². The molecule has 0 amide bonds. The average Bonchev–Trinajstić information content (AvgIpc) is 3.12. The number of benzene rings is 2. The predicted octanol–water partition coefficient (Wildman–Crippen LogP) is 2.71. The lowest BCUT2D eigenvalue weighted by molar-refractivity contribution is 0.400. The second-order valence-electron chi connectivity index (χ2n) is 5.49. The van der Waals surface area contributed by atoms with E-state index in [4.69, 9.17) is 4.74 Å². The van der Waals surface area contributed by atoms with Gasteiger partial charge in [0, 0.05) is 5.56 Å². The van der Waals surface area contributed by atoms with E-state index in [1.54, 1.807) is 12.1 Å². The number of ether oxygens (including phenoxy) is 1. The lowest BCUT2D eigenvalue weighted by Gasteiger charge is -2.22. The molecule has 0 N–H and O–H groups in total. The van der Waals surface area contributed by atoms with Crippen molar-refractivity contribution >= 4 is 15.9 Å². The van der Waals surface area contributed by atoms with E-state index in [9.17, 15) is 8.42 Å². The summed E-state index contributed by atoms with van der Waals surface area (Å²) in [7, 11) is -2.25. The van der Waals surface area contributed by atoms with Gasteiger partial charge in [-0.1, -0.05) is 43.3 Å². The van der Waals surface area contributed by atoms with Gasteiger partial charge in [0.15, 0.2) is 0 Å². The number of aryl methyl sites for hydroxylation is 1. The Morgan fingerprint density at radius 2 is 1.92 bits per heavy atom. The molecule has 1 aliphatic heterocycles. The minimum absolute atomic E-state index is 0.190. The van der Waals surface area contributed by atoms with Crippen molar-refractivity contribution in [3.05, 3.63) is 59.7 Å². The highest BCUT2D eigenvalue weighted by molar-refractivity contribution is 7.89. The quantitative estimate of drug-likeness (QED) is 0.838. The number of hydrogen-bond acceptors (Lipinski definition) is 4. The summed E-state index contributed by atoms with van der Waals surface area (Å²) in [6, 6.07) is 14.7. The summed E-state index contributed by atoms with van der Waals surface area (Å²) in [6.07, 6.45) is 0.756. The van der Waals surface area contributed by atoms with Gasteiger partial charge < -0.3 is 4.74 Å². The molecule has 0 atom stereocenters. The summed E-state index contributed by atoms with van der Waals surface area (Å²) >= 11 is 0. The third-order valence-electron chi connectivity index (χ3n) is 4.04. The zero-order valence-electron chi connectivity index (χ0n) is 13.8. The molecule has 0 unspecified atom stereocenters. The molecular weight excluding hydrogens is 324 g/mol. The minimum atomic E-state index is -3.73. The summed E-state index contributed by atoms with van der Waals surface area (Å²) in [4.78, 5) is 4.59. The number of amidine groups is 1. The maximum atomic E-state index is 13.2. The van der Waals surface area contributed by atoms with Gasteiger partial charge in [0.2, 0.25) is 0 Å². The first-order valence-corrected chi connectivity index (χ1v) is 9.31. The number of methoxy groups -OCH3 is 1. The van der Waals surface area contributed by atoms with Gasteiger partial charge in [-0.05, 0) is 24.1 Å². The third kappa shape index (κ3) is 2.89. The maximum absolute atomic E-state index is 13.2. The van der Waals surface area contributed by atoms with E-state index in [1.165, 1.54) is 11.4 Å². The Morgan fingerprint density at radius 3 is 2.58 bits per heavy atom. The predicted molar refractivity (Wildman–Crippen MR) is 94.1 cm³/mol. The fourth-order valence-corrected chi connectivity index (χ4v) is 4.41. The number of hydrogen-bond donors (Lipinski definition) is 0. The number of nitrogens with zero attached hydrogens (tertiary/aromatic N) is 2. The van der Waals surface area contributed by atoms with Gasteiger partial charge in [0.1, 0.15) is 16.5 Å². The first-order valence-electron chi connectivity index (χ1n) is 7.87. The Morgan fingerprint density at radius 1 is 1.17 bits per heavy atom. The van der Waals surface area contributed by atoms with E-state index < -0.39 is 10.0 Å². The van der Waals surface area contributed by atoms with Crippen LogP contribution in [0.25, 0.3) is 0 Å². The Kier molecular flexibility index (Phi) is 4.57. The summed E-state index contributed by atoms with van der Waals surface area (Å²) in [5.41, 5.74) is 1.75. The molecule has 0 fully saturated rings. The second-order valence-corrected chi connectivity index (χ2v) is 7.32. The molecule has 2 aromatic rings. The summed E-state index contributed by atoms with van der Waals surface area (Å²) in [5.74, 6) is 0.839. The Labute approximate surface area is 142 Å². The zero-order valence-corrected chi connectivity index (χ0v) is 14.6. The van der Waals surface area contributed by atoms with Gasteiger partial charge in [0.25, 0.3) is 10.0 Å². The van der Waals surface area contributed by atoms with Crippen LogP contribution in [-0.4, -0.2) is 38.8 Å². The van der Waals surface area contributed by atoms with Gasteiger partial charge in [-0.3, -0.25) is 4.99 Å². The van der Waals surface area contributed by atoms with Gasteiger partial charge in [-0.15, -0.1) is 0 Å². The zero-order chi connectivity index (χ0) is 17.2. The number of sulfonamides is 1. The van der Waals surface area contributed by atoms with Crippen LogP contribution in [0.4, 0.5) is 0 Å². The van der Waals surface area contributed by atoms with Crippen molar-refractivity contribution in [3.8, 4) is 5.75 Å². The summed E-state index contributed by atoms with van der Waals surface area (Å²) in [5, 5.41) is 0. The molecule has 0 radical (unpaired) electrons. The van der Waals surface area contributed by atoms with E-state index in [2.05, 4.69) is 4.99 Å². The second kappa shape index (κ2) is 6.65. The fraction of sp³-hybridized carbons (Fsp3) is 0.278. The van der Waals surface area contributed by atoms with Crippen LogP contribution in [0.2, 0.25) is 0 Å². The Hall–Kier alpha value is -2.34. The van der Waals surface area contributed by atoms with Crippen LogP contribution in [0, 0.1) is 0 Å². The fourth-order valence-electron chi connectivity index (χ4n) is 2.75. The summed E-state index contributed by atoms with van der Waals surface area (Å²) in [6.45, 7) is 2.79. The molecular formula is C18H20N2O3S. The Balaban J connectivity index is 2.07. The molecule has 3 rings (SSSR count). The first-order chi connectivity index (χ1) is 11.6. The minimum Gasteiger partial charge on any atom is -0.495 e. The number of rotatable bonds is 5. The molecule has 0 saturated heterocycles. The van der Waals surface area contributed by atoms with Crippen molar-refractivity contribution in [2.24, 2.45) is 4.99 Å². The molecule has 0 bridgehead atoms. The van der Waals surface area contributed by atoms with Crippen LogP contribution in [-0.2, 0) is 16.4 Å². The molecule has 2 aromatic carbocycles. The third-order valence-corrected chi connectivity index (χ3v) is 5.85. The van der Waals surface area contributed by atoms with Gasteiger partial charge >= 0.3 is 0 Å². The van der Waals surface area contributed by atoms with Crippen LogP contribution in [0.3, 0.4) is 0 Å². The average molecular weight is 344 g/mol. The van der Waals surface area contributed by atoms with Crippen molar-refractivity contribution < 1.29 is 13.2 Å². The monoisotopic (exact) mass is 344 g/mol. The standard InChI is InChI=1S/C18H20N2O3S/c1-3-14-9-10-16(23-2)17(13-14)24(21,22)20-12-11-19-18(20)15-7-5-4-6-8-15/h4-10,13H,3,11-12H2,1-2H3. The van der Waals surface area contributed by atoms with E-state index in [0.29, 0.717) is 24.7 Å².